The van der Waals surface area contributed by atoms with Gasteiger partial charge in [0.15, 0.2) is 11.5 Å². The lowest BCUT2D eigenvalue weighted by Gasteiger charge is -2.26. The Bertz CT molecular complexity index is 545. The van der Waals surface area contributed by atoms with E-state index in [1.165, 1.54) is 25.7 Å². The van der Waals surface area contributed by atoms with E-state index >= 15 is 0 Å². The van der Waals surface area contributed by atoms with Gasteiger partial charge in [-0.3, -0.25) is 0 Å². The molecule has 0 spiro atoms. The second kappa shape index (κ2) is 5.47. The van der Waals surface area contributed by atoms with Gasteiger partial charge in [-0.1, -0.05) is 22.4 Å². The van der Waals surface area contributed by atoms with E-state index in [0.717, 1.165) is 39.8 Å². The van der Waals surface area contributed by atoms with Crippen molar-refractivity contribution in [3.8, 4) is 11.5 Å². The van der Waals surface area contributed by atoms with Gasteiger partial charge in [0.1, 0.15) is 13.2 Å². The minimum absolute atomic E-state index is 0.417. The number of hydrogen-bond donors (Lipinski definition) is 1. The van der Waals surface area contributed by atoms with E-state index in [4.69, 9.17) is 9.47 Å². The second-order valence-corrected chi connectivity index (χ2v) is 7.56. The van der Waals surface area contributed by atoms with E-state index in [2.05, 4.69) is 15.9 Å². The zero-order valence-electron chi connectivity index (χ0n) is 12.1. The zero-order valence-corrected chi connectivity index (χ0v) is 13.6. The summed E-state index contributed by atoms with van der Waals surface area (Å²) in [5, 5.41) is 10.7. The molecule has 3 nitrogen and oxygen atoms in total. The van der Waals surface area contributed by atoms with E-state index < -0.39 is 6.10 Å². The zero-order chi connectivity index (χ0) is 14.4. The molecule has 2 bridgehead atoms. The molecule has 1 N–H and O–H groups in total. The topological polar surface area (TPSA) is 38.7 Å². The fourth-order valence-electron chi connectivity index (χ4n) is 4.41. The third-order valence-electron chi connectivity index (χ3n) is 5.43. The molecule has 1 aromatic carbocycles. The van der Waals surface area contributed by atoms with Crippen molar-refractivity contribution in [2.24, 2.45) is 17.8 Å². The number of rotatable bonds is 3. The molecule has 4 rings (SSSR count). The van der Waals surface area contributed by atoms with Gasteiger partial charge in [0.25, 0.3) is 0 Å². The molecule has 1 heterocycles. The Kier molecular flexibility index (Phi) is 3.62. The molecule has 2 fully saturated rings. The Hall–Kier alpha value is -0.740. The maximum atomic E-state index is 10.7. The first kappa shape index (κ1) is 13.9. The number of ether oxygens (including phenoxy) is 2. The quantitative estimate of drug-likeness (QED) is 0.890. The number of fused-ring (bicyclic) bond motifs is 3. The highest BCUT2D eigenvalue weighted by Crippen LogP contribution is 2.51. The number of halogens is 1. The molecular weight excluding hydrogens is 332 g/mol. The van der Waals surface area contributed by atoms with Gasteiger partial charge in [0.05, 0.1) is 6.10 Å². The number of benzene rings is 1. The van der Waals surface area contributed by atoms with Crippen LogP contribution in [0.3, 0.4) is 0 Å². The third-order valence-corrected chi connectivity index (χ3v) is 6.12. The van der Waals surface area contributed by atoms with Gasteiger partial charge in [-0.05, 0) is 61.1 Å². The van der Waals surface area contributed by atoms with Crippen molar-refractivity contribution in [2.75, 3.05) is 13.2 Å². The average Bonchev–Trinajstić information content (AvgIpc) is 3.09. The van der Waals surface area contributed by atoms with Gasteiger partial charge in [-0.15, -0.1) is 0 Å². The summed E-state index contributed by atoms with van der Waals surface area (Å²) in [6.45, 7) is 1.17. The fraction of sp³-hybridized carbons (Fsp3) is 0.647. The van der Waals surface area contributed by atoms with Crippen LogP contribution in [0, 0.1) is 17.8 Å². The lowest BCUT2D eigenvalue weighted by molar-refractivity contribution is 0.123. The smallest absolute Gasteiger partial charge is 0.162 e. The van der Waals surface area contributed by atoms with E-state index in [0.29, 0.717) is 19.1 Å². The van der Waals surface area contributed by atoms with Gasteiger partial charge in [0.2, 0.25) is 0 Å². The lowest BCUT2D eigenvalue weighted by atomic mass is 9.83. The Morgan fingerprint density at radius 1 is 1.14 bits per heavy atom. The third kappa shape index (κ3) is 2.57. The SMILES string of the molecule is OC(CC1CC2CCC1C2)c1cc2c(cc1Br)OCCO2. The minimum Gasteiger partial charge on any atom is -0.486 e. The summed E-state index contributed by atoms with van der Waals surface area (Å²) in [6.07, 6.45) is 5.93. The van der Waals surface area contributed by atoms with Gasteiger partial charge >= 0.3 is 0 Å². The van der Waals surface area contributed by atoms with Gasteiger partial charge in [0, 0.05) is 4.47 Å². The van der Waals surface area contributed by atoms with Crippen molar-refractivity contribution in [1.29, 1.82) is 0 Å². The summed E-state index contributed by atoms with van der Waals surface area (Å²) in [5.41, 5.74) is 0.932. The van der Waals surface area contributed by atoms with Gasteiger partial charge in [-0.2, -0.15) is 0 Å². The summed E-state index contributed by atoms with van der Waals surface area (Å²) in [7, 11) is 0. The van der Waals surface area contributed by atoms with Crippen molar-refractivity contribution >= 4 is 15.9 Å². The first-order valence-electron chi connectivity index (χ1n) is 7.98. The summed E-state index contributed by atoms with van der Waals surface area (Å²) >= 11 is 3.57. The Labute approximate surface area is 133 Å². The van der Waals surface area contributed by atoms with Crippen molar-refractivity contribution in [3.05, 3.63) is 22.2 Å². The van der Waals surface area contributed by atoms with Gasteiger partial charge < -0.3 is 14.6 Å². The molecule has 4 atom stereocenters. The average molecular weight is 353 g/mol. The molecule has 1 aliphatic heterocycles. The maximum Gasteiger partial charge on any atom is 0.162 e. The van der Waals surface area contributed by atoms with E-state index in [-0.39, 0.29) is 0 Å². The summed E-state index contributed by atoms with van der Waals surface area (Å²) < 4.78 is 12.1. The Morgan fingerprint density at radius 2 is 1.90 bits per heavy atom. The Morgan fingerprint density at radius 3 is 2.57 bits per heavy atom. The van der Waals surface area contributed by atoms with Crippen LogP contribution in [0.4, 0.5) is 0 Å². The van der Waals surface area contributed by atoms with Crippen LogP contribution in [0.2, 0.25) is 0 Å². The monoisotopic (exact) mass is 352 g/mol. The van der Waals surface area contributed by atoms with Crippen LogP contribution in [-0.4, -0.2) is 18.3 Å². The molecule has 4 unspecified atom stereocenters. The van der Waals surface area contributed by atoms with Crippen LogP contribution in [0.1, 0.15) is 43.8 Å². The van der Waals surface area contributed by atoms with Gasteiger partial charge in [-0.25, -0.2) is 0 Å². The van der Waals surface area contributed by atoms with Crippen LogP contribution in [0.5, 0.6) is 11.5 Å². The molecule has 114 valence electrons. The highest BCUT2D eigenvalue weighted by atomic mass is 79.9. The maximum absolute atomic E-state index is 10.7. The van der Waals surface area contributed by atoms with Crippen molar-refractivity contribution in [1.82, 2.24) is 0 Å². The summed E-state index contributed by atoms with van der Waals surface area (Å²) in [4.78, 5) is 0. The highest BCUT2D eigenvalue weighted by molar-refractivity contribution is 9.10. The number of aliphatic hydroxyl groups excluding tert-OH is 1. The largest absolute Gasteiger partial charge is 0.486 e. The molecule has 0 saturated heterocycles. The van der Waals surface area contributed by atoms with Crippen LogP contribution >= 0.6 is 15.9 Å². The van der Waals surface area contributed by atoms with Crippen LogP contribution in [0.25, 0.3) is 0 Å². The molecular formula is C17H21BrO3. The Balaban J connectivity index is 1.52. The molecule has 2 aliphatic carbocycles. The molecule has 2 saturated carbocycles. The molecule has 4 heteroatoms. The molecule has 0 amide bonds. The first-order chi connectivity index (χ1) is 10.2. The standard InChI is InChI=1S/C17H21BrO3/c18-14-9-17-16(20-3-4-21-17)8-13(14)15(19)7-12-6-10-1-2-11(12)5-10/h8-12,15,19H,1-7H2. The van der Waals surface area contributed by atoms with E-state index in [9.17, 15) is 5.11 Å². The van der Waals surface area contributed by atoms with E-state index in [1.807, 2.05) is 12.1 Å². The fourth-order valence-corrected chi connectivity index (χ4v) is 5.00. The van der Waals surface area contributed by atoms with Crippen LogP contribution < -0.4 is 9.47 Å². The number of hydrogen-bond acceptors (Lipinski definition) is 3. The predicted molar refractivity (Wildman–Crippen MR) is 83.6 cm³/mol. The van der Waals surface area contributed by atoms with E-state index in [1.54, 1.807) is 0 Å². The van der Waals surface area contributed by atoms with Crippen molar-refractivity contribution in [3.63, 3.8) is 0 Å². The molecule has 1 aromatic rings. The summed E-state index contributed by atoms with van der Waals surface area (Å²) in [6, 6.07) is 3.87. The van der Waals surface area contributed by atoms with Crippen molar-refractivity contribution < 1.29 is 14.6 Å². The molecule has 3 aliphatic rings. The summed E-state index contributed by atoms with van der Waals surface area (Å²) in [5.74, 6) is 3.99. The normalized spacial score (nSPS) is 31.4. The highest BCUT2D eigenvalue weighted by Gasteiger charge is 2.40. The first-order valence-corrected chi connectivity index (χ1v) is 8.77. The van der Waals surface area contributed by atoms with Crippen LogP contribution in [-0.2, 0) is 0 Å². The minimum atomic E-state index is -0.417. The number of aliphatic hydroxyl groups is 1. The molecule has 0 aromatic heterocycles. The van der Waals surface area contributed by atoms with Crippen LogP contribution in [0.15, 0.2) is 16.6 Å². The lowest BCUT2D eigenvalue weighted by Crippen LogP contribution is -2.17. The second-order valence-electron chi connectivity index (χ2n) is 6.70. The predicted octanol–water partition coefficient (Wildman–Crippen LogP) is 4.08. The van der Waals surface area contributed by atoms with Crippen molar-refractivity contribution in [2.45, 2.75) is 38.2 Å². The molecule has 21 heavy (non-hydrogen) atoms. The molecule has 0 radical (unpaired) electrons.